The molecule has 0 saturated heterocycles. The summed E-state index contributed by atoms with van der Waals surface area (Å²) in [6, 6.07) is 13.9. The lowest BCUT2D eigenvalue weighted by Crippen LogP contribution is -2.26. The number of benzene rings is 2. The fraction of sp³-hybridized carbons (Fsp3) is 0.588. The molecular formula is C34H47IO. The summed E-state index contributed by atoms with van der Waals surface area (Å²) in [5, 5.41) is 10.2. The molecule has 0 aromatic heterocycles. The normalized spacial score (nSPS) is 13.7. The second-order valence-electron chi connectivity index (χ2n) is 11.4. The van der Waals surface area contributed by atoms with Gasteiger partial charge in [0, 0.05) is 14.5 Å². The van der Waals surface area contributed by atoms with E-state index in [2.05, 4.69) is 84.7 Å². The Labute approximate surface area is 235 Å². The molecule has 1 aliphatic carbocycles. The highest BCUT2D eigenvalue weighted by Crippen LogP contribution is 2.54. The van der Waals surface area contributed by atoms with Gasteiger partial charge in [0.15, 0.2) is 0 Å². The summed E-state index contributed by atoms with van der Waals surface area (Å²) in [6.07, 6.45) is 18.4. The first kappa shape index (κ1) is 29.2. The van der Waals surface area contributed by atoms with Crippen molar-refractivity contribution in [3.05, 3.63) is 56.7 Å². The lowest BCUT2D eigenvalue weighted by Gasteiger charge is -2.33. The van der Waals surface area contributed by atoms with Gasteiger partial charge in [-0.05, 0) is 95.8 Å². The zero-order chi connectivity index (χ0) is 26.0. The minimum Gasteiger partial charge on any atom is -0.378 e. The number of hydrogen-bond acceptors (Lipinski definition) is 1. The van der Waals surface area contributed by atoms with E-state index in [0.29, 0.717) is 0 Å². The summed E-state index contributed by atoms with van der Waals surface area (Å²) >= 11 is 2.49. The highest BCUT2D eigenvalue weighted by atomic mass is 127. The topological polar surface area (TPSA) is 20.2 Å². The molecule has 36 heavy (non-hydrogen) atoms. The third-order valence-corrected chi connectivity index (χ3v) is 8.42. The van der Waals surface area contributed by atoms with Crippen molar-refractivity contribution in [1.82, 2.24) is 0 Å². The fourth-order valence-electron chi connectivity index (χ4n) is 5.85. The molecule has 0 atom stereocenters. The molecule has 0 bridgehead atoms. The van der Waals surface area contributed by atoms with Gasteiger partial charge in [-0.3, -0.25) is 0 Å². The van der Waals surface area contributed by atoms with Crippen LogP contribution in [-0.2, 0) is 5.41 Å². The molecule has 0 amide bonds. The van der Waals surface area contributed by atoms with Gasteiger partial charge in [-0.25, -0.2) is 0 Å². The van der Waals surface area contributed by atoms with Crippen LogP contribution in [0.3, 0.4) is 0 Å². The van der Waals surface area contributed by atoms with Crippen LogP contribution in [0.25, 0.3) is 11.1 Å². The molecule has 3 rings (SSSR count). The molecular weight excluding hydrogens is 551 g/mol. The lowest BCUT2D eigenvalue weighted by molar-refractivity contribution is 0.143. The highest BCUT2D eigenvalue weighted by molar-refractivity contribution is 14.1. The number of aliphatic hydroxyl groups is 1. The van der Waals surface area contributed by atoms with Gasteiger partial charge in [0.1, 0.15) is 5.60 Å². The first-order valence-electron chi connectivity index (χ1n) is 14.5. The van der Waals surface area contributed by atoms with E-state index in [9.17, 15) is 5.11 Å². The van der Waals surface area contributed by atoms with Crippen LogP contribution < -0.4 is 0 Å². The van der Waals surface area contributed by atoms with Gasteiger partial charge in [-0.2, -0.15) is 0 Å². The van der Waals surface area contributed by atoms with Gasteiger partial charge in [0.2, 0.25) is 0 Å². The molecule has 0 unspecified atom stereocenters. The molecule has 2 aromatic carbocycles. The van der Waals surface area contributed by atoms with Crippen molar-refractivity contribution >= 4 is 22.6 Å². The van der Waals surface area contributed by atoms with E-state index >= 15 is 0 Å². The summed E-state index contributed by atoms with van der Waals surface area (Å²) in [7, 11) is 0. The van der Waals surface area contributed by atoms with Crippen molar-refractivity contribution in [1.29, 1.82) is 0 Å². The van der Waals surface area contributed by atoms with Crippen LogP contribution in [-0.4, -0.2) is 10.7 Å². The smallest absolute Gasteiger partial charge is 0.120 e. The van der Waals surface area contributed by atoms with Crippen LogP contribution in [0, 0.1) is 15.4 Å². The molecule has 2 aromatic rings. The quantitative estimate of drug-likeness (QED) is 0.130. The summed E-state index contributed by atoms with van der Waals surface area (Å²) in [6.45, 7) is 8.10. The van der Waals surface area contributed by atoms with Gasteiger partial charge < -0.3 is 5.11 Å². The van der Waals surface area contributed by atoms with Crippen molar-refractivity contribution in [2.75, 3.05) is 0 Å². The minimum absolute atomic E-state index is 0.0772. The Bertz CT molecular complexity index is 1020. The predicted octanol–water partition coefficient (Wildman–Crippen LogP) is 10.2. The summed E-state index contributed by atoms with van der Waals surface area (Å²) in [4.78, 5) is 0. The van der Waals surface area contributed by atoms with Crippen LogP contribution in [0.5, 0.6) is 0 Å². The van der Waals surface area contributed by atoms with Crippen LogP contribution in [0.15, 0.2) is 36.4 Å². The average molecular weight is 599 g/mol. The molecule has 1 aliphatic rings. The van der Waals surface area contributed by atoms with Crippen molar-refractivity contribution in [3.8, 4) is 23.0 Å². The maximum Gasteiger partial charge on any atom is 0.120 e. The van der Waals surface area contributed by atoms with Crippen LogP contribution in [0.4, 0.5) is 0 Å². The summed E-state index contributed by atoms with van der Waals surface area (Å²) in [5.74, 6) is 6.30. The van der Waals surface area contributed by atoms with E-state index in [1.807, 2.05) is 0 Å². The second kappa shape index (κ2) is 14.0. The number of unbranched alkanes of at least 4 members (excludes halogenated alkanes) is 10. The molecule has 1 nitrogen and oxygen atoms in total. The standard InChI is InChI=1S/C34H47IO/c1-5-7-9-11-13-15-22-34(23-16-14-12-10-8-6-2)31-25-27(21-24-33(3,4)36)17-19-29(31)30-20-18-28(35)26-32(30)34/h17-20,25-26,36H,5-16,22-23H2,1-4H3. The SMILES string of the molecule is CCCCCCCCC1(CCCCCCCC)c2cc(I)ccc2-c2ccc(C#CC(C)(C)O)cc21. The van der Waals surface area contributed by atoms with E-state index in [4.69, 9.17) is 0 Å². The monoisotopic (exact) mass is 598 g/mol. The van der Waals surface area contributed by atoms with Crippen molar-refractivity contribution in [2.24, 2.45) is 0 Å². The Kier molecular flexibility index (Phi) is 11.4. The third kappa shape index (κ3) is 7.84. The van der Waals surface area contributed by atoms with E-state index in [1.165, 1.54) is 110 Å². The van der Waals surface area contributed by atoms with E-state index in [-0.39, 0.29) is 5.41 Å². The molecule has 2 heteroatoms. The van der Waals surface area contributed by atoms with E-state index in [0.717, 1.165) is 5.56 Å². The molecule has 0 heterocycles. The average Bonchev–Trinajstić information content (AvgIpc) is 3.10. The number of hydrogen-bond donors (Lipinski definition) is 1. The van der Waals surface area contributed by atoms with E-state index in [1.54, 1.807) is 19.4 Å². The Morgan fingerprint density at radius 3 is 1.78 bits per heavy atom. The number of halogens is 1. The molecule has 0 radical (unpaired) electrons. The summed E-state index contributed by atoms with van der Waals surface area (Å²) in [5.41, 5.74) is 5.95. The fourth-order valence-corrected chi connectivity index (χ4v) is 6.34. The Balaban J connectivity index is 1.96. The predicted molar refractivity (Wildman–Crippen MR) is 165 cm³/mol. The largest absolute Gasteiger partial charge is 0.378 e. The van der Waals surface area contributed by atoms with Crippen molar-refractivity contribution in [2.45, 2.75) is 129 Å². The number of fused-ring (bicyclic) bond motifs is 3. The van der Waals surface area contributed by atoms with Crippen molar-refractivity contribution < 1.29 is 5.11 Å². The van der Waals surface area contributed by atoms with Crippen LogP contribution >= 0.6 is 22.6 Å². The lowest BCUT2D eigenvalue weighted by atomic mass is 9.70. The molecule has 0 fully saturated rings. The molecule has 0 saturated carbocycles. The van der Waals surface area contributed by atoms with Crippen LogP contribution in [0.1, 0.15) is 134 Å². The summed E-state index contributed by atoms with van der Waals surface area (Å²) < 4.78 is 1.33. The van der Waals surface area contributed by atoms with E-state index < -0.39 is 5.60 Å². The first-order valence-corrected chi connectivity index (χ1v) is 15.6. The molecule has 196 valence electrons. The Morgan fingerprint density at radius 1 is 0.722 bits per heavy atom. The molecule has 0 aliphatic heterocycles. The van der Waals surface area contributed by atoms with Gasteiger partial charge >= 0.3 is 0 Å². The maximum atomic E-state index is 10.2. The Hall–Kier alpha value is -1.31. The van der Waals surface area contributed by atoms with Gasteiger partial charge in [0.05, 0.1) is 0 Å². The molecule has 1 N–H and O–H groups in total. The highest BCUT2D eigenvalue weighted by Gasteiger charge is 2.42. The second-order valence-corrected chi connectivity index (χ2v) is 12.6. The minimum atomic E-state index is -0.980. The van der Waals surface area contributed by atoms with Crippen LogP contribution in [0.2, 0.25) is 0 Å². The maximum absolute atomic E-state index is 10.2. The Morgan fingerprint density at radius 2 is 1.22 bits per heavy atom. The van der Waals surface area contributed by atoms with Crippen molar-refractivity contribution in [3.63, 3.8) is 0 Å². The zero-order valence-corrected chi connectivity index (χ0v) is 25.3. The molecule has 0 spiro atoms. The van der Waals surface area contributed by atoms with Gasteiger partial charge in [-0.1, -0.05) is 115 Å². The van der Waals surface area contributed by atoms with Gasteiger partial charge in [0.25, 0.3) is 0 Å². The number of rotatable bonds is 14. The third-order valence-electron chi connectivity index (χ3n) is 7.75. The zero-order valence-electron chi connectivity index (χ0n) is 23.2. The first-order chi connectivity index (χ1) is 17.3. The van der Waals surface area contributed by atoms with Gasteiger partial charge in [-0.15, -0.1) is 0 Å².